The van der Waals surface area contributed by atoms with Gasteiger partial charge in [-0.15, -0.1) is 25.8 Å². The lowest BCUT2D eigenvalue weighted by molar-refractivity contribution is 0.800. The third kappa shape index (κ3) is 3.36. The minimum atomic E-state index is 0.427. The van der Waals surface area contributed by atoms with Crippen molar-refractivity contribution in [2.75, 3.05) is 18.0 Å². The predicted molar refractivity (Wildman–Crippen MR) is 64.4 cm³/mol. The zero-order valence-electron chi connectivity index (χ0n) is 8.72. The normalized spacial score (nSPS) is 9.73. The third-order valence-electron chi connectivity index (χ3n) is 1.71. The molecule has 0 N–H and O–H groups in total. The van der Waals surface area contributed by atoms with Gasteiger partial charge in [0, 0.05) is 13.1 Å². The molecule has 1 heterocycles. The molecule has 0 aliphatic heterocycles. The number of hydrogen-bond acceptors (Lipinski definition) is 5. The summed E-state index contributed by atoms with van der Waals surface area (Å²) < 4.78 is 0. The third-order valence-corrected chi connectivity index (χ3v) is 1.91. The molecule has 1 rings (SSSR count). The largest absolute Gasteiger partial charge is 0.333 e. The minimum Gasteiger partial charge on any atom is -0.333 e. The van der Waals surface area contributed by atoms with E-state index in [4.69, 9.17) is 0 Å². The van der Waals surface area contributed by atoms with Crippen LogP contribution in [0, 0.1) is 6.92 Å². The standard InChI is InChI=1S/C10H14N4S/c1-4-6-14(7-5-2)9-11-8(3)12-10(15)13-9/h4-5H,1-2,6-7H2,3H3,(H,11,12,13,15). The van der Waals surface area contributed by atoms with Crippen LogP contribution >= 0.6 is 12.6 Å². The maximum absolute atomic E-state index is 4.23. The van der Waals surface area contributed by atoms with E-state index in [0.717, 1.165) is 0 Å². The molecule has 0 aromatic carbocycles. The smallest absolute Gasteiger partial charge is 0.230 e. The van der Waals surface area contributed by atoms with E-state index < -0.39 is 0 Å². The molecule has 1 aromatic rings. The highest BCUT2D eigenvalue weighted by Gasteiger charge is 2.08. The molecule has 0 amide bonds. The lowest BCUT2D eigenvalue weighted by Crippen LogP contribution is -2.25. The van der Waals surface area contributed by atoms with Crippen LogP contribution in [0.3, 0.4) is 0 Å². The van der Waals surface area contributed by atoms with Gasteiger partial charge >= 0.3 is 0 Å². The summed E-state index contributed by atoms with van der Waals surface area (Å²) in [4.78, 5) is 14.3. The molecular weight excluding hydrogens is 208 g/mol. The summed E-state index contributed by atoms with van der Waals surface area (Å²) in [7, 11) is 0. The Labute approximate surface area is 95.2 Å². The van der Waals surface area contributed by atoms with Gasteiger partial charge in [0.1, 0.15) is 5.82 Å². The number of thiol groups is 1. The van der Waals surface area contributed by atoms with Crippen molar-refractivity contribution in [1.82, 2.24) is 15.0 Å². The minimum absolute atomic E-state index is 0.427. The van der Waals surface area contributed by atoms with Gasteiger partial charge in [-0.2, -0.15) is 9.97 Å². The zero-order chi connectivity index (χ0) is 11.3. The Morgan fingerprint density at radius 2 is 1.80 bits per heavy atom. The monoisotopic (exact) mass is 222 g/mol. The number of aromatic nitrogens is 3. The molecule has 0 atom stereocenters. The highest BCUT2D eigenvalue weighted by molar-refractivity contribution is 7.80. The van der Waals surface area contributed by atoms with Crippen LogP contribution in [0.2, 0.25) is 0 Å². The summed E-state index contributed by atoms with van der Waals surface area (Å²) in [5.74, 6) is 1.26. The molecule has 5 heteroatoms. The van der Waals surface area contributed by atoms with Crippen molar-refractivity contribution in [3.8, 4) is 0 Å². The number of aryl methyl sites for hydroxylation is 1. The number of hydrogen-bond donors (Lipinski definition) is 1. The molecule has 0 saturated heterocycles. The van der Waals surface area contributed by atoms with Crippen LogP contribution in [0.4, 0.5) is 5.95 Å². The van der Waals surface area contributed by atoms with E-state index in [2.05, 4.69) is 40.7 Å². The van der Waals surface area contributed by atoms with Crippen LogP contribution in [-0.4, -0.2) is 28.0 Å². The molecule has 0 saturated carbocycles. The van der Waals surface area contributed by atoms with Gasteiger partial charge < -0.3 is 4.90 Å². The van der Waals surface area contributed by atoms with Gasteiger partial charge in [-0.3, -0.25) is 0 Å². The van der Waals surface area contributed by atoms with Crippen LogP contribution in [0.25, 0.3) is 0 Å². The Hall–Kier alpha value is -1.36. The van der Waals surface area contributed by atoms with Crippen molar-refractivity contribution in [3.05, 3.63) is 31.1 Å². The van der Waals surface area contributed by atoms with Gasteiger partial charge in [0.25, 0.3) is 0 Å². The Kier molecular flexibility index (Phi) is 4.30. The van der Waals surface area contributed by atoms with Crippen molar-refractivity contribution < 1.29 is 0 Å². The quantitative estimate of drug-likeness (QED) is 0.607. The summed E-state index contributed by atoms with van der Waals surface area (Å²) in [5, 5.41) is 0.427. The van der Waals surface area contributed by atoms with Crippen molar-refractivity contribution in [2.24, 2.45) is 0 Å². The Bertz CT molecular complexity index is 334. The van der Waals surface area contributed by atoms with E-state index in [1.807, 2.05) is 11.8 Å². The van der Waals surface area contributed by atoms with Gasteiger partial charge in [-0.05, 0) is 6.92 Å². The molecule has 0 aliphatic carbocycles. The van der Waals surface area contributed by atoms with Gasteiger partial charge in [0.15, 0.2) is 5.16 Å². The molecule has 1 aromatic heterocycles. The second-order valence-electron chi connectivity index (χ2n) is 2.96. The van der Waals surface area contributed by atoms with Crippen molar-refractivity contribution in [1.29, 1.82) is 0 Å². The maximum Gasteiger partial charge on any atom is 0.230 e. The van der Waals surface area contributed by atoms with Crippen LogP contribution in [0.5, 0.6) is 0 Å². The summed E-state index contributed by atoms with van der Waals surface area (Å²) in [6, 6.07) is 0. The number of anilines is 1. The fraction of sp³-hybridized carbons (Fsp3) is 0.300. The Morgan fingerprint density at radius 3 is 2.27 bits per heavy atom. The maximum atomic E-state index is 4.23. The molecule has 4 nitrogen and oxygen atoms in total. The van der Waals surface area contributed by atoms with Crippen LogP contribution in [0.15, 0.2) is 30.5 Å². The lowest BCUT2D eigenvalue weighted by atomic mass is 10.4. The van der Waals surface area contributed by atoms with Crippen molar-refractivity contribution in [2.45, 2.75) is 12.1 Å². The Balaban J connectivity index is 2.98. The van der Waals surface area contributed by atoms with E-state index in [9.17, 15) is 0 Å². The summed E-state index contributed by atoms with van der Waals surface area (Å²) >= 11 is 4.11. The SMILES string of the molecule is C=CCN(CC=C)c1nc(C)nc(S)n1. The molecule has 0 unspecified atom stereocenters. The van der Waals surface area contributed by atoms with Gasteiger partial charge in [0.2, 0.25) is 5.95 Å². The zero-order valence-corrected chi connectivity index (χ0v) is 9.61. The molecular formula is C10H14N4S. The Morgan fingerprint density at radius 1 is 1.20 bits per heavy atom. The summed E-state index contributed by atoms with van der Waals surface area (Å²) in [5.41, 5.74) is 0. The first-order valence-electron chi connectivity index (χ1n) is 4.55. The summed E-state index contributed by atoms with van der Waals surface area (Å²) in [6.07, 6.45) is 3.58. The van der Waals surface area contributed by atoms with Gasteiger partial charge in [-0.25, -0.2) is 4.98 Å². The topological polar surface area (TPSA) is 41.9 Å². The van der Waals surface area contributed by atoms with Crippen molar-refractivity contribution >= 4 is 18.6 Å². The second kappa shape index (κ2) is 5.50. The molecule has 0 aliphatic rings. The van der Waals surface area contributed by atoms with Crippen LogP contribution in [-0.2, 0) is 0 Å². The molecule has 80 valence electrons. The first-order chi connectivity index (χ1) is 7.17. The van der Waals surface area contributed by atoms with E-state index in [-0.39, 0.29) is 0 Å². The van der Waals surface area contributed by atoms with E-state index in [0.29, 0.717) is 30.0 Å². The van der Waals surface area contributed by atoms with E-state index >= 15 is 0 Å². The number of nitrogens with zero attached hydrogens (tertiary/aromatic N) is 4. The predicted octanol–water partition coefficient (Wildman–Crippen LogP) is 1.65. The fourth-order valence-corrected chi connectivity index (χ4v) is 1.38. The fourth-order valence-electron chi connectivity index (χ4n) is 1.14. The molecule has 15 heavy (non-hydrogen) atoms. The highest BCUT2D eigenvalue weighted by Crippen LogP contribution is 2.09. The first kappa shape index (κ1) is 11.7. The van der Waals surface area contributed by atoms with Crippen molar-refractivity contribution in [3.63, 3.8) is 0 Å². The van der Waals surface area contributed by atoms with E-state index in [1.54, 1.807) is 12.2 Å². The second-order valence-corrected chi connectivity index (χ2v) is 3.36. The molecule has 0 fully saturated rings. The van der Waals surface area contributed by atoms with Crippen LogP contribution < -0.4 is 4.90 Å². The number of rotatable bonds is 5. The molecule has 0 radical (unpaired) electrons. The van der Waals surface area contributed by atoms with E-state index in [1.165, 1.54) is 0 Å². The average Bonchev–Trinajstić information content (AvgIpc) is 2.16. The molecule has 0 spiro atoms. The van der Waals surface area contributed by atoms with Gasteiger partial charge in [0.05, 0.1) is 0 Å². The first-order valence-corrected chi connectivity index (χ1v) is 5.00. The lowest BCUT2D eigenvalue weighted by Gasteiger charge is -2.19. The molecule has 0 bridgehead atoms. The summed E-state index contributed by atoms with van der Waals surface area (Å²) in [6.45, 7) is 10.5. The highest BCUT2D eigenvalue weighted by atomic mass is 32.1. The van der Waals surface area contributed by atoms with Crippen LogP contribution in [0.1, 0.15) is 5.82 Å². The average molecular weight is 222 g/mol. The van der Waals surface area contributed by atoms with Gasteiger partial charge in [-0.1, -0.05) is 12.2 Å².